The molecule has 0 aromatic carbocycles. The Labute approximate surface area is 97.7 Å². The normalized spacial score (nSPS) is 37.9. The Bertz CT molecular complexity index is 335. The molecule has 4 nitrogen and oxygen atoms in total. The minimum atomic E-state index is -2.80. The molecule has 2 rings (SSSR count). The topological polar surface area (TPSA) is 55.4 Å². The third-order valence-corrected chi connectivity index (χ3v) is 5.45. The van der Waals surface area contributed by atoms with Gasteiger partial charge in [-0.15, -0.1) is 0 Å². The lowest BCUT2D eigenvalue weighted by atomic mass is 10.0. The standard InChI is InChI=1S/C11H21NO3S/c1-11(5-8-16(13,14)9-11)12-6-4-10-3-2-7-15-10/h10,12H,2-9H2,1H3. The molecule has 2 aliphatic rings. The first-order chi connectivity index (χ1) is 7.49. The maximum Gasteiger partial charge on any atom is 0.152 e. The maximum atomic E-state index is 11.4. The molecule has 2 fully saturated rings. The summed E-state index contributed by atoms with van der Waals surface area (Å²) in [5.41, 5.74) is -0.211. The van der Waals surface area contributed by atoms with Crippen molar-refractivity contribution in [2.24, 2.45) is 0 Å². The van der Waals surface area contributed by atoms with Crippen LogP contribution in [0.4, 0.5) is 0 Å². The Morgan fingerprint density at radius 1 is 1.50 bits per heavy atom. The molecule has 2 saturated heterocycles. The molecule has 0 bridgehead atoms. The zero-order valence-corrected chi connectivity index (χ0v) is 10.7. The highest BCUT2D eigenvalue weighted by atomic mass is 32.2. The van der Waals surface area contributed by atoms with Gasteiger partial charge in [-0.1, -0.05) is 0 Å². The number of ether oxygens (including phenoxy) is 1. The predicted octanol–water partition coefficient (Wildman–Crippen LogP) is 0.722. The molecule has 0 aromatic rings. The average Bonchev–Trinajstić information content (AvgIpc) is 2.75. The molecule has 1 N–H and O–H groups in total. The van der Waals surface area contributed by atoms with E-state index in [0.29, 0.717) is 11.9 Å². The van der Waals surface area contributed by atoms with Gasteiger partial charge in [-0.2, -0.15) is 0 Å². The van der Waals surface area contributed by atoms with Gasteiger partial charge in [0.05, 0.1) is 17.6 Å². The van der Waals surface area contributed by atoms with E-state index in [1.807, 2.05) is 6.92 Å². The van der Waals surface area contributed by atoms with Crippen molar-refractivity contribution in [3.05, 3.63) is 0 Å². The van der Waals surface area contributed by atoms with Gasteiger partial charge in [0.1, 0.15) is 0 Å². The van der Waals surface area contributed by atoms with Crippen molar-refractivity contribution in [3.8, 4) is 0 Å². The summed E-state index contributed by atoms with van der Waals surface area (Å²) in [7, 11) is -2.80. The lowest BCUT2D eigenvalue weighted by Crippen LogP contribution is -2.44. The zero-order chi connectivity index (χ0) is 11.6. The molecular weight excluding hydrogens is 226 g/mol. The van der Waals surface area contributed by atoms with Crippen molar-refractivity contribution in [1.29, 1.82) is 0 Å². The highest BCUT2D eigenvalue weighted by Gasteiger charge is 2.37. The van der Waals surface area contributed by atoms with Gasteiger partial charge in [-0.25, -0.2) is 8.42 Å². The Morgan fingerprint density at radius 2 is 2.31 bits per heavy atom. The quantitative estimate of drug-likeness (QED) is 0.795. The SMILES string of the molecule is CC1(NCCC2CCCO2)CCS(=O)(=O)C1. The monoisotopic (exact) mass is 247 g/mol. The second-order valence-corrected chi connectivity index (χ2v) is 7.44. The third kappa shape index (κ3) is 3.18. The molecule has 0 aliphatic carbocycles. The summed E-state index contributed by atoms with van der Waals surface area (Å²) in [5.74, 6) is 0.613. The van der Waals surface area contributed by atoms with Crippen LogP contribution < -0.4 is 5.32 Å². The first-order valence-electron chi connectivity index (χ1n) is 6.06. The molecule has 0 spiro atoms. The summed E-state index contributed by atoms with van der Waals surface area (Å²) in [5, 5.41) is 3.38. The fraction of sp³-hybridized carbons (Fsp3) is 1.00. The van der Waals surface area contributed by atoms with Crippen molar-refractivity contribution in [1.82, 2.24) is 5.32 Å². The third-order valence-electron chi connectivity index (χ3n) is 3.55. The molecule has 94 valence electrons. The van der Waals surface area contributed by atoms with E-state index in [-0.39, 0.29) is 11.3 Å². The highest BCUT2D eigenvalue weighted by Crippen LogP contribution is 2.23. The first-order valence-corrected chi connectivity index (χ1v) is 7.88. The molecule has 0 saturated carbocycles. The van der Waals surface area contributed by atoms with Crippen LogP contribution in [0.1, 0.15) is 32.6 Å². The summed E-state index contributed by atoms with van der Waals surface area (Å²) in [6.45, 7) is 3.75. The van der Waals surface area contributed by atoms with Crippen molar-refractivity contribution in [2.45, 2.75) is 44.2 Å². The van der Waals surface area contributed by atoms with Crippen LogP contribution in [-0.4, -0.2) is 44.7 Å². The summed E-state index contributed by atoms with van der Waals surface area (Å²) in [6, 6.07) is 0. The van der Waals surface area contributed by atoms with Crippen LogP contribution in [0.15, 0.2) is 0 Å². The summed E-state index contributed by atoms with van der Waals surface area (Å²) < 4.78 is 28.3. The van der Waals surface area contributed by atoms with Gasteiger partial charge >= 0.3 is 0 Å². The van der Waals surface area contributed by atoms with Gasteiger partial charge in [0.25, 0.3) is 0 Å². The number of nitrogens with one attached hydrogen (secondary N) is 1. The molecule has 2 atom stereocenters. The van der Waals surface area contributed by atoms with Crippen molar-refractivity contribution in [2.75, 3.05) is 24.7 Å². The fourth-order valence-corrected chi connectivity index (χ4v) is 4.68. The Balaban J connectivity index is 1.73. The smallest absolute Gasteiger partial charge is 0.152 e. The zero-order valence-electron chi connectivity index (χ0n) is 9.87. The van der Waals surface area contributed by atoms with Crippen molar-refractivity contribution < 1.29 is 13.2 Å². The fourth-order valence-electron chi connectivity index (χ4n) is 2.56. The number of hydrogen-bond acceptors (Lipinski definition) is 4. The van der Waals surface area contributed by atoms with Gasteiger partial charge in [0, 0.05) is 12.1 Å². The van der Waals surface area contributed by atoms with E-state index in [0.717, 1.165) is 38.8 Å². The average molecular weight is 247 g/mol. The van der Waals surface area contributed by atoms with Crippen LogP contribution in [0.5, 0.6) is 0 Å². The van der Waals surface area contributed by atoms with Gasteiger partial charge in [0.2, 0.25) is 0 Å². The molecule has 0 radical (unpaired) electrons. The molecule has 5 heteroatoms. The lowest BCUT2D eigenvalue weighted by molar-refractivity contribution is 0.102. The van der Waals surface area contributed by atoms with Crippen molar-refractivity contribution >= 4 is 9.84 Å². The minimum Gasteiger partial charge on any atom is -0.378 e. The molecule has 0 amide bonds. The van der Waals surface area contributed by atoms with Gasteiger partial charge in [0.15, 0.2) is 9.84 Å². The Hall–Kier alpha value is -0.130. The molecular formula is C11H21NO3S. The van der Waals surface area contributed by atoms with Crippen LogP contribution in [-0.2, 0) is 14.6 Å². The Kier molecular flexibility index (Phi) is 3.56. The highest BCUT2D eigenvalue weighted by molar-refractivity contribution is 7.91. The predicted molar refractivity (Wildman–Crippen MR) is 63.3 cm³/mol. The van der Waals surface area contributed by atoms with Crippen LogP contribution in [0.25, 0.3) is 0 Å². The lowest BCUT2D eigenvalue weighted by Gasteiger charge is -2.24. The summed E-state index contributed by atoms with van der Waals surface area (Å²) in [6.07, 6.45) is 4.43. The summed E-state index contributed by atoms with van der Waals surface area (Å²) in [4.78, 5) is 0. The van der Waals surface area contributed by atoms with Crippen molar-refractivity contribution in [3.63, 3.8) is 0 Å². The van der Waals surface area contributed by atoms with E-state index >= 15 is 0 Å². The number of rotatable bonds is 4. The molecule has 2 aliphatic heterocycles. The number of sulfone groups is 1. The Morgan fingerprint density at radius 3 is 2.88 bits per heavy atom. The van der Waals surface area contributed by atoms with Gasteiger partial charge in [-0.05, 0) is 39.2 Å². The van der Waals surface area contributed by atoms with E-state index in [1.54, 1.807) is 0 Å². The van der Waals surface area contributed by atoms with E-state index in [2.05, 4.69) is 5.32 Å². The maximum absolute atomic E-state index is 11.4. The van der Waals surface area contributed by atoms with Crippen LogP contribution in [0, 0.1) is 0 Å². The molecule has 2 unspecified atom stereocenters. The summed E-state index contributed by atoms with van der Waals surface area (Å²) >= 11 is 0. The van der Waals surface area contributed by atoms with E-state index in [1.165, 1.54) is 0 Å². The largest absolute Gasteiger partial charge is 0.378 e. The van der Waals surface area contributed by atoms with Gasteiger partial charge < -0.3 is 10.1 Å². The van der Waals surface area contributed by atoms with Crippen LogP contribution in [0.3, 0.4) is 0 Å². The van der Waals surface area contributed by atoms with E-state index in [4.69, 9.17) is 4.74 Å². The minimum absolute atomic E-state index is 0.211. The van der Waals surface area contributed by atoms with Gasteiger partial charge in [-0.3, -0.25) is 0 Å². The second kappa shape index (κ2) is 4.63. The molecule has 0 aromatic heterocycles. The van der Waals surface area contributed by atoms with E-state index in [9.17, 15) is 8.42 Å². The molecule has 2 heterocycles. The molecule has 16 heavy (non-hydrogen) atoms. The van der Waals surface area contributed by atoms with Crippen LogP contribution in [0.2, 0.25) is 0 Å². The second-order valence-electron chi connectivity index (χ2n) is 5.25. The number of hydrogen-bond donors (Lipinski definition) is 1. The van der Waals surface area contributed by atoms with Crippen LogP contribution >= 0.6 is 0 Å². The van der Waals surface area contributed by atoms with E-state index < -0.39 is 9.84 Å². The first kappa shape index (κ1) is 12.3.